The topological polar surface area (TPSA) is 215 Å². The van der Waals surface area contributed by atoms with Crippen molar-refractivity contribution < 1.29 is 33.6 Å². The van der Waals surface area contributed by atoms with Crippen molar-refractivity contribution in [3.8, 4) is 0 Å². The first kappa shape index (κ1) is 44.6. The zero-order chi connectivity index (χ0) is 46.9. The largest absolute Gasteiger partial charge is 0.368 e. The molecule has 4 saturated heterocycles. The van der Waals surface area contributed by atoms with Gasteiger partial charge in [-0.05, 0) is 80.7 Å². The second-order valence-electron chi connectivity index (χ2n) is 18.9. The summed E-state index contributed by atoms with van der Waals surface area (Å²) in [5.74, 6) is -1.21. The molecule has 7 heterocycles. The van der Waals surface area contributed by atoms with Crippen molar-refractivity contribution in [2.24, 2.45) is 11.8 Å². The van der Waals surface area contributed by atoms with Crippen molar-refractivity contribution in [3.05, 3.63) is 84.6 Å². The molecule has 68 heavy (non-hydrogen) atoms. The number of piperidine rings is 3. The zero-order valence-electron chi connectivity index (χ0n) is 37.9. The van der Waals surface area contributed by atoms with E-state index < -0.39 is 29.7 Å². The number of amides is 7. The molecular weight excluding hydrogens is 869 g/mol. The van der Waals surface area contributed by atoms with Crippen LogP contribution in [-0.2, 0) is 40.0 Å². The molecule has 1 saturated carbocycles. The zero-order valence-corrected chi connectivity index (χ0v) is 37.9. The van der Waals surface area contributed by atoms with Crippen LogP contribution in [0.5, 0.6) is 0 Å². The molecule has 10 rings (SSSR count). The Morgan fingerprint density at radius 1 is 0.750 bits per heavy atom. The third-order valence-electron chi connectivity index (χ3n) is 14.6. The number of aromatic nitrogens is 4. The molecule has 2 aromatic heterocycles. The lowest BCUT2D eigenvalue weighted by molar-refractivity contribution is -0.150. The van der Waals surface area contributed by atoms with Crippen LogP contribution in [0.25, 0.3) is 11.2 Å². The van der Waals surface area contributed by atoms with Gasteiger partial charge in [0.05, 0.1) is 12.7 Å². The normalized spacial score (nSPS) is 22.9. The average molecular weight is 925 g/mol. The Labute approximate surface area is 393 Å². The van der Waals surface area contributed by atoms with E-state index in [-0.39, 0.29) is 60.2 Å². The van der Waals surface area contributed by atoms with Crippen molar-refractivity contribution in [2.45, 2.75) is 82.3 Å². The number of imidazole rings is 1. The molecule has 0 radical (unpaired) electrons. The van der Waals surface area contributed by atoms with Gasteiger partial charge >= 0.3 is 0 Å². The standard InChI is InChI=1S/C49H56N12O7/c62-40-11-10-38(47(66)55-40)61-43(65)28-39(49(61)68)57-18-14-33(15-19-57)48(67)59-16-12-32(13-17-59)25-42(64)58-22-20-56(21-23-58)36-8-6-34(7-9-36)54-45-44-46(51-29-50-45)60(30-52-44)37-26-35(27-37)53-41(63)24-31-4-2-1-3-5-31/h1-9,28-30,32-33,35,37-38H,10-27H2,(H,53,63)(H,50,51,54)(H,55,62,66)/t35?,37?,38-/m0/s1. The van der Waals surface area contributed by atoms with Crippen LogP contribution in [0.2, 0.25) is 0 Å². The fourth-order valence-corrected chi connectivity index (χ4v) is 10.6. The number of fused-ring (bicyclic) bond motifs is 1. The van der Waals surface area contributed by atoms with E-state index in [1.54, 1.807) is 12.7 Å². The summed E-state index contributed by atoms with van der Waals surface area (Å²) < 4.78 is 2.08. The highest BCUT2D eigenvalue weighted by molar-refractivity contribution is 6.18. The lowest BCUT2D eigenvalue weighted by Crippen LogP contribution is -2.55. The molecule has 0 spiro atoms. The lowest BCUT2D eigenvalue weighted by Gasteiger charge is -2.39. The number of anilines is 3. The molecule has 0 unspecified atom stereocenters. The third kappa shape index (κ3) is 9.38. The Balaban J connectivity index is 0.633. The van der Waals surface area contributed by atoms with E-state index in [1.165, 1.54) is 6.08 Å². The first-order valence-electron chi connectivity index (χ1n) is 23.9. The number of carbonyl (C=O) groups is 7. The van der Waals surface area contributed by atoms with E-state index in [0.717, 1.165) is 66.3 Å². The highest BCUT2D eigenvalue weighted by atomic mass is 16.2. The van der Waals surface area contributed by atoms with Gasteiger partial charge in [0.25, 0.3) is 11.8 Å². The van der Waals surface area contributed by atoms with E-state index in [2.05, 4.69) is 52.5 Å². The molecule has 0 bridgehead atoms. The average Bonchev–Trinajstić information content (AvgIpc) is 3.90. The monoisotopic (exact) mass is 924 g/mol. The van der Waals surface area contributed by atoms with Crippen LogP contribution >= 0.6 is 0 Å². The van der Waals surface area contributed by atoms with Crippen LogP contribution < -0.4 is 20.9 Å². The third-order valence-corrected chi connectivity index (χ3v) is 14.6. The Bertz CT molecular complexity index is 2620. The number of hydrogen-bond acceptors (Lipinski definition) is 13. The molecule has 6 aliphatic rings. The Morgan fingerprint density at radius 2 is 1.49 bits per heavy atom. The number of benzene rings is 2. The van der Waals surface area contributed by atoms with Crippen LogP contribution in [0.4, 0.5) is 17.2 Å². The van der Waals surface area contributed by atoms with Crippen LogP contribution in [0.1, 0.15) is 69.4 Å². The number of imide groups is 2. The predicted molar refractivity (Wildman–Crippen MR) is 249 cm³/mol. The van der Waals surface area contributed by atoms with Gasteiger partial charge in [-0.3, -0.25) is 43.8 Å². The Kier molecular flexibility index (Phi) is 12.6. The highest BCUT2D eigenvalue weighted by Gasteiger charge is 2.44. The number of rotatable bonds is 12. The SMILES string of the molecule is O=C1CC[C@H](N2C(=O)C=C(N3CCC(C(=O)N4CCC(CC(=O)N5CCN(c6ccc(Nc7ncnc8c7ncn8C7CC(NC(=O)Cc8ccccc8)C7)cc6)CC5)CC4)CC3)C2=O)C(=O)N1. The van der Waals surface area contributed by atoms with Crippen LogP contribution in [-0.4, -0.2) is 145 Å². The molecule has 4 aromatic rings. The van der Waals surface area contributed by atoms with E-state index in [0.29, 0.717) is 76.3 Å². The molecule has 19 nitrogen and oxygen atoms in total. The van der Waals surface area contributed by atoms with Gasteiger partial charge in [-0.15, -0.1) is 0 Å². The number of hydrogen-bond donors (Lipinski definition) is 3. The minimum Gasteiger partial charge on any atom is -0.368 e. The summed E-state index contributed by atoms with van der Waals surface area (Å²) in [5.41, 5.74) is 4.61. The van der Waals surface area contributed by atoms with Gasteiger partial charge < -0.3 is 34.8 Å². The van der Waals surface area contributed by atoms with E-state index in [4.69, 9.17) is 0 Å². The van der Waals surface area contributed by atoms with Crippen molar-refractivity contribution in [1.29, 1.82) is 0 Å². The van der Waals surface area contributed by atoms with E-state index >= 15 is 0 Å². The minimum absolute atomic E-state index is 0.0307. The molecule has 5 fully saturated rings. The van der Waals surface area contributed by atoms with Crippen molar-refractivity contribution in [3.63, 3.8) is 0 Å². The molecule has 1 atom stereocenters. The Morgan fingerprint density at radius 3 is 2.21 bits per heavy atom. The van der Waals surface area contributed by atoms with E-state index in [9.17, 15) is 33.6 Å². The summed E-state index contributed by atoms with van der Waals surface area (Å²) in [6.45, 7) is 4.84. The molecule has 19 heteroatoms. The summed E-state index contributed by atoms with van der Waals surface area (Å²) in [7, 11) is 0. The second-order valence-corrected chi connectivity index (χ2v) is 18.9. The molecule has 2 aromatic carbocycles. The van der Waals surface area contributed by atoms with Crippen LogP contribution in [0.15, 0.2) is 79.0 Å². The maximum Gasteiger partial charge on any atom is 0.277 e. The number of likely N-dealkylation sites (tertiary alicyclic amines) is 2. The van der Waals surface area contributed by atoms with Gasteiger partial charge in [-0.25, -0.2) is 15.0 Å². The van der Waals surface area contributed by atoms with Gasteiger partial charge in [0.2, 0.25) is 29.5 Å². The van der Waals surface area contributed by atoms with E-state index in [1.807, 2.05) is 57.2 Å². The van der Waals surface area contributed by atoms with Gasteiger partial charge in [0, 0.05) is 101 Å². The first-order valence-corrected chi connectivity index (χ1v) is 23.9. The summed E-state index contributed by atoms with van der Waals surface area (Å²) in [5, 5.41) is 8.78. The molecule has 1 aliphatic carbocycles. The molecular formula is C49H56N12O7. The number of piperazine rings is 1. The summed E-state index contributed by atoms with van der Waals surface area (Å²) >= 11 is 0. The van der Waals surface area contributed by atoms with Crippen LogP contribution in [0, 0.1) is 11.8 Å². The second kappa shape index (κ2) is 19.2. The lowest BCUT2D eigenvalue weighted by atomic mass is 9.86. The highest BCUT2D eigenvalue weighted by Crippen LogP contribution is 2.36. The fourth-order valence-electron chi connectivity index (χ4n) is 10.6. The van der Waals surface area contributed by atoms with Gasteiger partial charge in [0.15, 0.2) is 17.0 Å². The predicted octanol–water partition coefficient (Wildman–Crippen LogP) is 2.68. The molecule has 7 amide bonds. The fraction of sp³-hybridized carbons (Fsp3) is 0.469. The number of nitrogens with zero attached hydrogens (tertiary/aromatic N) is 9. The van der Waals surface area contributed by atoms with Crippen molar-refractivity contribution in [1.82, 2.24) is 49.8 Å². The van der Waals surface area contributed by atoms with Crippen LogP contribution in [0.3, 0.4) is 0 Å². The maximum absolute atomic E-state index is 13.6. The van der Waals surface area contributed by atoms with Gasteiger partial charge in [0.1, 0.15) is 18.1 Å². The summed E-state index contributed by atoms with van der Waals surface area (Å²) in [6.07, 6.45) is 9.89. The smallest absolute Gasteiger partial charge is 0.277 e. The number of carbonyl (C=O) groups excluding carboxylic acids is 7. The maximum atomic E-state index is 13.6. The first-order chi connectivity index (χ1) is 33.0. The summed E-state index contributed by atoms with van der Waals surface area (Å²) in [4.78, 5) is 112. The summed E-state index contributed by atoms with van der Waals surface area (Å²) in [6, 6.07) is 17.2. The molecule has 5 aliphatic heterocycles. The molecule has 3 N–H and O–H groups in total. The Hall–Kier alpha value is -7.18. The molecule has 354 valence electrons. The number of nitrogens with one attached hydrogen (secondary N) is 3. The minimum atomic E-state index is -1.00. The van der Waals surface area contributed by atoms with Crippen molar-refractivity contribution >= 4 is 69.7 Å². The van der Waals surface area contributed by atoms with Crippen molar-refractivity contribution in [2.75, 3.05) is 62.6 Å². The van der Waals surface area contributed by atoms with Gasteiger partial charge in [-0.1, -0.05) is 30.3 Å². The quantitative estimate of drug-likeness (QED) is 0.175. The van der Waals surface area contributed by atoms with Gasteiger partial charge in [-0.2, -0.15) is 0 Å².